The van der Waals surface area contributed by atoms with E-state index in [-0.39, 0.29) is 24.0 Å². The molecule has 15 heteroatoms. The molecule has 0 saturated carbocycles. The third kappa shape index (κ3) is 9.58. The molecule has 2 aliphatic heterocycles. The normalized spacial score (nSPS) is 17.0. The fourth-order valence-corrected chi connectivity index (χ4v) is 12.2. The number of benzene rings is 2. The van der Waals surface area contributed by atoms with Gasteiger partial charge in [0.05, 0.1) is 38.5 Å². The number of carbonyl (C=O) groups is 3. The molecule has 3 N–H and O–H groups in total. The van der Waals surface area contributed by atoms with E-state index in [0.717, 1.165) is 74.2 Å². The van der Waals surface area contributed by atoms with Crippen molar-refractivity contribution in [3.8, 4) is 21.1 Å². The highest BCUT2D eigenvalue weighted by Gasteiger charge is 2.34. The summed E-state index contributed by atoms with van der Waals surface area (Å²) in [5, 5.41) is 6.46. The van der Waals surface area contributed by atoms with Crippen LogP contribution in [0.25, 0.3) is 41.6 Å². The number of nitrogen functional groups attached to an aromatic ring is 1. The highest BCUT2D eigenvalue weighted by atomic mass is 32.1. The summed E-state index contributed by atoms with van der Waals surface area (Å²) in [4.78, 5) is 52.8. The average molecular weight is 873 g/mol. The highest BCUT2D eigenvalue weighted by Crippen LogP contribution is 2.50. The molecular formula is C44H52N6O5S4. The number of nitrogens with zero attached hydrogens (tertiary/aromatic N) is 4. The van der Waals surface area contributed by atoms with E-state index >= 15 is 0 Å². The first kappa shape index (κ1) is 42.6. The van der Waals surface area contributed by atoms with Crippen LogP contribution >= 0.6 is 45.3 Å². The maximum absolute atomic E-state index is 12.8. The minimum Gasteiger partial charge on any atom is -0.444 e. The van der Waals surface area contributed by atoms with Crippen LogP contribution in [-0.4, -0.2) is 62.2 Å². The molecule has 11 nitrogen and oxygen atoms in total. The van der Waals surface area contributed by atoms with E-state index in [1.807, 2.05) is 77.9 Å². The quantitative estimate of drug-likeness (QED) is 0.179. The van der Waals surface area contributed by atoms with Gasteiger partial charge >= 0.3 is 12.2 Å². The lowest BCUT2D eigenvalue weighted by Gasteiger charge is -2.26. The third-order valence-corrected chi connectivity index (χ3v) is 14.2. The largest absolute Gasteiger partial charge is 0.444 e. The number of hydrogen-bond donors (Lipinski definition) is 2. The Balaban J connectivity index is 0.000000180. The summed E-state index contributed by atoms with van der Waals surface area (Å²) in [5.41, 5.74) is 11.8. The van der Waals surface area contributed by atoms with Gasteiger partial charge < -0.3 is 30.3 Å². The zero-order valence-corrected chi connectivity index (χ0v) is 38.3. The molecule has 8 rings (SSSR count). The molecule has 0 spiro atoms. The summed E-state index contributed by atoms with van der Waals surface area (Å²) in [7, 11) is 0. The summed E-state index contributed by atoms with van der Waals surface area (Å²) in [6, 6.07) is 16.2. The van der Waals surface area contributed by atoms with E-state index in [9.17, 15) is 14.4 Å². The summed E-state index contributed by atoms with van der Waals surface area (Å²) in [6.45, 7) is 19.5. The lowest BCUT2D eigenvalue weighted by molar-refractivity contribution is -0.114. The number of para-hydroxylation sites is 2. The van der Waals surface area contributed by atoms with Crippen LogP contribution in [0.2, 0.25) is 0 Å². The number of hydrogen-bond acceptors (Lipinski definition) is 12. The van der Waals surface area contributed by atoms with Gasteiger partial charge in [-0.15, -0.1) is 45.3 Å². The van der Waals surface area contributed by atoms with E-state index in [1.165, 1.54) is 29.4 Å². The van der Waals surface area contributed by atoms with Crippen LogP contribution in [0.4, 0.5) is 19.6 Å². The number of ether oxygens (including phenoxy) is 2. The molecule has 0 saturated heterocycles. The first-order chi connectivity index (χ1) is 27.8. The smallest absolute Gasteiger partial charge is 0.410 e. The second-order valence-corrected chi connectivity index (χ2v) is 21.5. The molecule has 0 radical (unpaired) electrons. The Hall–Kier alpha value is -4.57. The van der Waals surface area contributed by atoms with Crippen LogP contribution in [0.3, 0.4) is 0 Å². The Bertz CT molecular complexity index is 2460. The Kier molecular flexibility index (Phi) is 12.1. The number of thiophene rings is 2. The summed E-state index contributed by atoms with van der Waals surface area (Å²) < 4.78 is 13.5. The van der Waals surface area contributed by atoms with Gasteiger partial charge in [-0.2, -0.15) is 0 Å². The van der Waals surface area contributed by atoms with Gasteiger partial charge in [-0.1, -0.05) is 38.1 Å². The molecule has 6 aromatic rings. The molecule has 2 unspecified atom stereocenters. The fourth-order valence-electron chi connectivity index (χ4n) is 7.38. The summed E-state index contributed by atoms with van der Waals surface area (Å²) in [5.74, 6) is 0.414. The number of amides is 3. The molecule has 0 fully saturated rings. The van der Waals surface area contributed by atoms with Crippen molar-refractivity contribution in [1.82, 2.24) is 19.8 Å². The van der Waals surface area contributed by atoms with Crippen LogP contribution in [0.1, 0.15) is 108 Å². The van der Waals surface area contributed by atoms with Crippen molar-refractivity contribution in [3.05, 3.63) is 69.4 Å². The minimum atomic E-state index is -0.541. The number of anilines is 2. The summed E-state index contributed by atoms with van der Waals surface area (Å²) >= 11 is 6.42. The maximum atomic E-state index is 12.8. The lowest BCUT2D eigenvalue weighted by atomic mass is 9.95. The number of carbonyl (C=O) groups excluding carboxylic acids is 3. The first-order valence-electron chi connectivity index (χ1n) is 19.9. The van der Waals surface area contributed by atoms with Gasteiger partial charge in [-0.05, 0) is 102 Å². The van der Waals surface area contributed by atoms with Crippen molar-refractivity contribution in [2.45, 2.75) is 111 Å². The van der Waals surface area contributed by atoms with Crippen molar-refractivity contribution in [2.75, 3.05) is 24.1 Å². The Morgan fingerprint density at radius 3 is 1.59 bits per heavy atom. The van der Waals surface area contributed by atoms with Gasteiger partial charge in [-0.25, -0.2) is 19.6 Å². The number of rotatable bonds is 3. The van der Waals surface area contributed by atoms with Crippen molar-refractivity contribution in [3.63, 3.8) is 0 Å². The molecule has 4 aromatic heterocycles. The van der Waals surface area contributed by atoms with E-state index in [4.69, 9.17) is 25.2 Å². The summed E-state index contributed by atoms with van der Waals surface area (Å²) in [6.07, 6.45) is 1.13. The van der Waals surface area contributed by atoms with E-state index in [1.54, 1.807) is 43.8 Å². The van der Waals surface area contributed by atoms with Crippen molar-refractivity contribution in [2.24, 2.45) is 0 Å². The van der Waals surface area contributed by atoms with Crippen molar-refractivity contribution < 1.29 is 23.9 Å². The van der Waals surface area contributed by atoms with Crippen molar-refractivity contribution in [1.29, 1.82) is 0 Å². The van der Waals surface area contributed by atoms with Gasteiger partial charge in [0.2, 0.25) is 5.91 Å². The number of nitrogens with two attached hydrogens (primary N) is 1. The molecule has 0 bridgehead atoms. The minimum absolute atomic E-state index is 0.115. The van der Waals surface area contributed by atoms with Gasteiger partial charge in [0.15, 0.2) is 0 Å². The molecular weight excluding hydrogens is 821 g/mol. The molecule has 2 aromatic carbocycles. The average Bonchev–Trinajstić information content (AvgIpc) is 3.88. The van der Waals surface area contributed by atoms with Crippen LogP contribution in [0, 0.1) is 0 Å². The zero-order chi connectivity index (χ0) is 42.4. The molecule has 59 heavy (non-hydrogen) atoms. The van der Waals surface area contributed by atoms with Crippen LogP contribution < -0.4 is 11.1 Å². The van der Waals surface area contributed by atoms with Crippen LogP contribution in [0.15, 0.2) is 48.5 Å². The van der Waals surface area contributed by atoms with Gasteiger partial charge in [0, 0.05) is 40.9 Å². The van der Waals surface area contributed by atoms with Gasteiger partial charge in [0.25, 0.3) is 0 Å². The number of fused-ring (bicyclic) bond motifs is 4. The molecule has 2 aliphatic rings. The monoisotopic (exact) mass is 872 g/mol. The standard InChI is InChI=1S/C23H27N3O3S2.C21H25N3O2S2/c1-13-10-11-26(22(28)29-23(3,4)5)12-17-18(13)19(20(31-17)24-14(2)27)21-25-15-8-6-7-9-16(15)30-21;1-12-9-10-24(20(25)26-21(2,3)4)11-15-16(12)17(18(22)27-15)19-23-13-7-5-6-8-14(13)28-19/h6-9,13H,10-12H2,1-5H3,(H,24,27);5-8,12H,9-11,22H2,1-4H3. The van der Waals surface area contributed by atoms with E-state index in [0.29, 0.717) is 32.1 Å². The van der Waals surface area contributed by atoms with E-state index < -0.39 is 11.2 Å². The maximum Gasteiger partial charge on any atom is 0.410 e. The second-order valence-electron chi connectivity index (χ2n) is 17.2. The molecule has 0 aliphatic carbocycles. The van der Waals surface area contributed by atoms with Crippen LogP contribution in [0.5, 0.6) is 0 Å². The second kappa shape index (κ2) is 16.8. The van der Waals surface area contributed by atoms with Crippen molar-refractivity contribution >= 4 is 93.9 Å². The predicted octanol–water partition coefficient (Wildman–Crippen LogP) is 12.1. The highest BCUT2D eigenvalue weighted by molar-refractivity contribution is 7.23. The first-order valence-corrected chi connectivity index (χ1v) is 23.1. The van der Waals surface area contributed by atoms with Gasteiger partial charge in [-0.3, -0.25) is 4.79 Å². The molecule has 6 heterocycles. The number of aromatic nitrogens is 2. The topological polar surface area (TPSA) is 140 Å². The Morgan fingerprint density at radius 1 is 0.695 bits per heavy atom. The molecule has 3 amide bonds. The SMILES string of the molecule is CC(=O)Nc1sc2c(c1-c1nc3ccccc3s1)C(C)CCN(C(=O)OC(C)(C)C)C2.CC1CCN(C(=O)OC(C)(C)C)Cc2sc(N)c(-c3nc4ccccc4s3)c21. The molecule has 2 atom stereocenters. The number of thiazole rings is 2. The fraction of sp³-hybridized carbons (Fsp3) is 0.432. The molecule has 312 valence electrons. The Labute approximate surface area is 361 Å². The zero-order valence-electron chi connectivity index (χ0n) is 35.1. The third-order valence-electron chi connectivity index (χ3n) is 10.00. The lowest BCUT2D eigenvalue weighted by Crippen LogP contribution is -2.36. The van der Waals surface area contributed by atoms with Crippen LogP contribution in [-0.2, 0) is 27.4 Å². The predicted molar refractivity (Wildman–Crippen MR) is 244 cm³/mol. The van der Waals surface area contributed by atoms with E-state index in [2.05, 4.69) is 31.3 Å². The Morgan fingerprint density at radius 2 is 1.14 bits per heavy atom. The van der Waals surface area contributed by atoms with Gasteiger partial charge in [0.1, 0.15) is 26.2 Å². The number of nitrogens with one attached hydrogen (secondary N) is 1.